The van der Waals surface area contributed by atoms with Gasteiger partial charge >= 0.3 is 6.03 Å². The summed E-state index contributed by atoms with van der Waals surface area (Å²) >= 11 is 17.8. The summed E-state index contributed by atoms with van der Waals surface area (Å²) in [6.45, 7) is 0. The van der Waals surface area contributed by atoms with Crippen molar-refractivity contribution in [2.75, 3.05) is 16.4 Å². The molecule has 0 aliphatic rings. The second kappa shape index (κ2) is 7.23. The highest BCUT2D eigenvalue weighted by Gasteiger charge is 2.09. The van der Waals surface area contributed by atoms with Crippen LogP contribution in [0.5, 0.6) is 0 Å². The molecule has 0 unspecified atom stereocenters. The molecule has 6 nitrogen and oxygen atoms in total. The van der Waals surface area contributed by atoms with Crippen LogP contribution < -0.4 is 16.4 Å². The Balaban J connectivity index is 1.73. The molecule has 2 aromatic carbocycles. The number of carbonyl (C=O) groups is 1. The first-order valence-electron chi connectivity index (χ1n) is 7.06. The molecule has 0 aliphatic carbocycles. The van der Waals surface area contributed by atoms with Gasteiger partial charge in [-0.3, -0.25) is 0 Å². The number of benzene rings is 2. The highest BCUT2D eigenvalue weighted by molar-refractivity contribution is 6.48. The normalized spacial score (nSPS) is 10.5. The highest BCUT2D eigenvalue weighted by Crippen LogP contribution is 2.33. The van der Waals surface area contributed by atoms with E-state index in [1.807, 2.05) is 6.07 Å². The number of nitrogen functional groups attached to an aromatic ring is 1. The molecule has 1 heterocycles. The second-order valence-electron chi connectivity index (χ2n) is 5.10. The van der Waals surface area contributed by atoms with Crippen LogP contribution in [0.4, 0.5) is 22.1 Å². The van der Waals surface area contributed by atoms with E-state index in [4.69, 9.17) is 40.5 Å². The summed E-state index contributed by atoms with van der Waals surface area (Å²) in [5.41, 5.74) is 8.18. The molecule has 0 radical (unpaired) electrons. The topological polar surface area (TPSA) is 95.8 Å². The van der Waals surface area contributed by atoms with Gasteiger partial charge in [0.1, 0.15) is 0 Å². The van der Waals surface area contributed by atoms with Gasteiger partial charge in [0, 0.05) is 16.9 Å². The summed E-state index contributed by atoms with van der Waals surface area (Å²) in [4.78, 5) is 19.0. The van der Waals surface area contributed by atoms with Crippen LogP contribution in [0.15, 0.2) is 42.6 Å². The lowest BCUT2D eigenvalue weighted by Gasteiger charge is -2.10. The number of carbonyl (C=O) groups excluding carboxylic acids is 1. The summed E-state index contributed by atoms with van der Waals surface area (Å²) in [5.74, 6) is 0.322. The van der Waals surface area contributed by atoms with Crippen LogP contribution in [0, 0.1) is 0 Å². The van der Waals surface area contributed by atoms with Crippen LogP contribution in [-0.2, 0) is 0 Å². The molecular weight excluding hydrogens is 385 g/mol. The van der Waals surface area contributed by atoms with E-state index < -0.39 is 6.03 Å². The molecule has 0 bridgehead atoms. The van der Waals surface area contributed by atoms with E-state index in [1.54, 1.807) is 24.4 Å². The lowest BCUT2D eigenvalue weighted by molar-refractivity contribution is 0.262. The first-order valence-corrected chi connectivity index (χ1v) is 8.19. The number of nitrogens with one attached hydrogen (secondary N) is 3. The molecule has 5 N–H and O–H groups in total. The predicted octanol–water partition coefficient (Wildman–Crippen LogP) is 5.26. The van der Waals surface area contributed by atoms with Crippen molar-refractivity contribution in [1.29, 1.82) is 0 Å². The zero-order valence-electron chi connectivity index (χ0n) is 12.6. The average molecular weight is 397 g/mol. The molecule has 2 amide bonds. The Morgan fingerprint density at radius 3 is 2.36 bits per heavy atom. The number of nitrogens with two attached hydrogens (primary N) is 1. The zero-order chi connectivity index (χ0) is 18.0. The highest BCUT2D eigenvalue weighted by atomic mass is 35.5. The monoisotopic (exact) mass is 395 g/mol. The van der Waals surface area contributed by atoms with Crippen LogP contribution >= 0.6 is 34.8 Å². The smallest absolute Gasteiger partial charge is 0.323 e. The van der Waals surface area contributed by atoms with Crippen molar-refractivity contribution in [2.45, 2.75) is 0 Å². The minimum atomic E-state index is -0.448. The maximum absolute atomic E-state index is 12.2. The van der Waals surface area contributed by atoms with Crippen molar-refractivity contribution >= 4 is 58.2 Å². The standard InChI is InChI=1S/C16H12Cl3N5O/c17-11-5-10(6-12(18)14(11)19)23-16(25)22-9-3-1-2-8(4-9)13-7-21-15(20)24-13/h1-7H,(H3,20,21,24)(H2,22,23,25). The van der Waals surface area contributed by atoms with Crippen LogP contribution in [0.25, 0.3) is 11.3 Å². The first kappa shape index (κ1) is 17.4. The molecule has 0 saturated heterocycles. The Bertz CT molecular complexity index is 918. The Labute approximate surface area is 158 Å². The Hall–Kier alpha value is -2.41. The maximum Gasteiger partial charge on any atom is 0.323 e. The van der Waals surface area contributed by atoms with Gasteiger partial charge in [0.2, 0.25) is 0 Å². The molecular formula is C16H12Cl3N5O. The third-order valence-electron chi connectivity index (χ3n) is 3.27. The molecule has 0 aliphatic heterocycles. The van der Waals surface area contributed by atoms with Gasteiger partial charge in [-0.1, -0.05) is 46.9 Å². The van der Waals surface area contributed by atoms with E-state index in [-0.39, 0.29) is 15.1 Å². The summed E-state index contributed by atoms with van der Waals surface area (Å²) in [5, 5.41) is 6.11. The number of imidazole rings is 1. The maximum atomic E-state index is 12.2. The van der Waals surface area contributed by atoms with Crippen molar-refractivity contribution in [1.82, 2.24) is 9.97 Å². The van der Waals surface area contributed by atoms with Gasteiger partial charge in [-0.05, 0) is 24.3 Å². The fourth-order valence-electron chi connectivity index (χ4n) is 2.17. The van der Waals surface area contributed by atoms with Gasteiger partial charge in [0.25, 0.3) is 0 Å². The summed E-state index contributed by atoms with van der Waals surface area (Å²) in [6.07, 6.45) is 1.62. The van der Waals surface area contributed by atoms with E-state index in [1.165, 1.54) is 12.1 Å². The molecule has 3 rings (SSSR count). The number of aromatic nitrogens is 2. The number of hydrogen-bond acceptors (Lipinski definition) is 3. The van der Waals surface area contributed by atoms with E-state index in [9.17, 15) is 4.79 Å². The SMILES string of the molecule is Nc1ncc(-c2cccc(NC(=O)Nc3cc(Cl)c(Cl)c(Cl)c3)c2)[nH]1. The van der Waals surface area contributed by atoms with E-state index in [0.29, 0.717) is 17.3 Å². The van der Waals surface area contributed by atoms with Gasteiger partial charge in [-0.15, -0.1) is 0 Å². The number of nitrogens with zero attached hydrogens (tertiary/aromatic N) is 1. The molecule has 25 heavy (non-hydrogen) atoms. The molecule has 0 saturated carbocycles. The van der Waals surface area contributed by atoms with Gasteiger partial charge < -0.3 is 21.4 Å². The minimum Gasteiger partial charge on any atom is -0.369 e. The van der Waals surface area contributed by atoms with Gasteiger partial charge in [-0.25, -0.2) is 9.78 Å². The summed E-state index contributed by atoms with van der Waals surface area (Å²) in [6, 6.07) is 9.79. The summed E-state index contributed by atoms with van der Waals surface area (Å²) in [7, 11) is 0. The molecule has 128 valence electrons. The van der Waals surface area contributed by atoms with E-state index in [0.717, 1.165) is 11.3 Å². The van der Waals surface area contributed by atoms with Gasteiger partial charge in [-0.2, -0.15) is 0 Å². The number of halogens is 3. The Morgan fingerprint density at radius 2 is 1.72 bits per heavy atom. The van der Waals surface area contributed by atoms with Gasteiger partial charge in [0.05, 0.1) is 27.0 Å². The number of H-pyrrole nitrogens is 1. The number of hydrogen-bond donors (Lipinski definition) is 4. The number of urea groups is 1. The Morgan fingerprint density at radius 1 is 1.04 bits per heavy atom. The quantitative estimate of drug-likeness (QED) is 0.454. The predicted molar refractivity (Wildman–Crippen MR) is 103 cm³/mol. The molecule has 3 aromatic rings. The number of rotatable bonds is 3. The fourth-order valence-corrected chi connectivity index (χ4v) is 2.77. The molecule has 1 aromatic heterocycles. The third kappa shape index (κ3) is 4.17. The number of anilines is 3. The van der Waals surface area contributed by atoms with E-state index in [2.05, 4.69) is 20.6 Å². The van der Waals surface area contributed by atoms with E-state index >= 15 is 0 Å². The number of aromatic amines is 1. The average Bonchev–Trinajstić information content (AvgIpc) is 2.99. The van der Waals surface area contributed by atoms with Crippen molar-refractivity contribution < 1.29 is 4.79 Å². The largest absolute Gasteiger partial charge is 0.369 e. The molecule has 9 heteroatoms. The van der Waals surface area contributed by atoms with Crippen molar-refractivity contribution in [2.24, 2.45) is 0 Å². The van der Waals surface area contributed by atoms with Crippen LogP contribution in [0.2, 0.25) is 15.1 Å². The van der Waals surface area contributed by atoms with Crippen molar-refractivity contribution in [3.63, 3.8) is 0 Å². The molecule has 0 fully saturated rings. The van der Waals surface area contributed by atoms with Crippen molar-refractivity contribution in [3.05, 3.63) is 57.7 Å². The molecule has 0 atom stereocenters. The van der Waals surface area contributed by atoms with Crippen LogP contribution in [-0.4, -0.2) is 16.0 Å². The summed E-state index contributed by atoms with van der Waals surface area (Å²) < 4.78 is 0. The first-order chi connectivity index (χ1) is 11.9. The fraction of sp³-hybridized carbons (Fsp3) is 0. The zero-order valence-corrected chi connectivity index (χ0v) is 14.9. The number of amides is 2. The molecule has 0 spiro atoms. The minimum absolute atomic E-state index is 0.237. The lowest BCUT2D eigenvalue weighted by atomic mass is 10.1. The Kier molecular flexibility index (Phi) is 5.03. The van der Waals surface area contributed by atoms with Crippen LogP contribution in [0.3, 0.4) is 0 Å². The van der Waals surface area contributed by atoms with Crippen molar-refractivity contribution in [3.8, 4) is 11.3 Å². The second-order valence-corrected chi connectivity index (χ2v) is 6.29. The third-order valence-corrected chi connectivity index (χ3v) is 4.47. The van der Waals surface area contributed by atoms with Crippen LogP contribution in [0.1, 0.15) is 0 Å². The lowest BCUT2D eigenvalue weighted by Crippen LogP contribution is -2.19. The van der Waals surface area contributed by atoms with Gasteiger partial charge in [0.15, 0.2) is 5.95 Å².